The van der Waals surface area contributed by atoms with Gasteiger partial charge in [0, 0.05) is 0 Å². The summed E-state index contributed by atoms with van der Waals surface area (Å²) >= 11 is 0. The standard InChI is InChI=1S/C15H2F10O/c16-4-2-1-3(6(17)7(4)18)15(26)14(25)10(21)5-8(19)11(22)13(24)12(23)9(5)20/h1-2H. The highest BCUT2D eigenvalue weighted by molar-refractivity contribution is 6.11. The second kappa shape index (κ2) is 6.81. The molecule has 0 radical (unpaired) electrons. The summed E-state index contributed by atoms with van der Waals surface area (Å²) in [6.45, 7) is 0. The predicted molar refractivity (Wildman–Crippen MR) is 66.0 cm³/mol. The van der Waals surface area contributed by atoms with Gasteiger partial charge in [-0.2, -0.15) is 4.39 Å². The van der Waals surface area contributed by atoms with Crippen molar-refractivity contribution in [3.05, 3.63) is 75.6 Å². The maximum Gasteiger partial charge on any atom is 0.227 e. The molecule has 138 valence electrons. The van der Waals surface area contributed by atoms with E-state index in [0.29, 0.717) is 0 Å². The van der Waals surface area contributed by atoms with Crippen molar-refractivity contribution in [1.82, 2.24) is 0 Å². The Morgan fingerprint density at radius 1 is 0.615 bits per heavy atom. The molecule has 0 saturated heterocycles. The number of benzene rings is 2. The minimum Gasteiger partial charge on any atom is -0.286 e. The minimum absolute atomic E-state index is 0.162. The number of hydrogen-bond acceptors (Lipinski definition) is 1. The van der Waals surface area contributed by atoms with E-state index < -0.39 is 75.1 Å². The Bertz CT molecular complexity index is 935. The van der Waals surface area contributed by atoms with Crippen molar-refractivity contribution < 1.29 is 48.7 Å². The van der Waals surface area contributed by atoms with Crippen LogP contribution in [0, 0.1) is 46.5 Å². The van der Waals surface area contributed by atoms with Gasteiger partial charge in [-0.15, -0.1) is 0 Å². The molecule has 11 heteroatoms. The molecule has 2 aromatic rings. The highest BCUT2D eigenvalue weighted by Gasteiger charge is 2.32. The number of ketones is 1. The summed E-state index contributed by atoms with van der Waals surface area (Å²) in [4.78, 5) is 11.6. The van der Waals surface area contributed by atoms with E-state index in [1.165, 1.54) is 0 Å². The van der Waals surface area contributed by atoms with Gasteiger partial charge in [0.05, 0.1) is 11.1 Å². The topological polar surface area (TPSA) is 17.1 Å². The fourth-order valence-corrected chi connectivity index (χ4v) is 1.83. The molecule has 1 nitrogen and oxygen atoms in total. The maximum absolute atomic E-state index is 13.8. The van der Waals surface area contributed by atoms with Crippen molar-refractivity contribution in [2.45, 2.75) is 0 Å². The van der Waals surface area contributed by atoms with E-state index in [0.717, 1.165) is 0 Å². The number of allylic oxidation sites excluding steroid dienone is 1. The lowest BCUT2D eigenvalue weighted by atomic mass is 10.0. The summed E-state index contributed by atoms with van der Waals surface area (Å²) < 4.78 is 133. The first-order chi connectivity index (χ1) is 12.0. The molecule has 2 rings (SSSR count). The summed E-state index contributed by atoms with van der Waals surface area (Å²) in [7, 11) is 0. The molecule has 0 N–H and O–H groups in total. The number of Topliss-reactive ketones (excluding diaryl/α,β-unsaturated/α-hetero) is 1. The number of halogens is 10. The van der Waals surface area contributed by atoms with Gasteiger partial charge in [0.15, 0.2) is 46.5 Å². The van der Waals surface area contributed by atoms with Gasteiger partial charge in [-0.25, -0.2) is 39.5 Å². The Morgan fingerprint density at radius 3 is 1.58 bits per heavy atom. The molecule has 0 spiro atoms. The largest absolute Gasteiger partial charge is 0.286 e. The van der Waals surface area contributed by atoms with Crippen LogP contribution in [0.25, 0.3) is 5.83 Å². The Hall–Kier alpha value is -2.85. The normalized spacial score (nSPS) is 12.2. The van der Waals surface area contributed by atoms with E-state index >= 15 is 0 Å². The Morgan fingerprint density at radius 2 is 1.08 bits per heavy atom. The van der Waals surface area contributed by atoms with Crippen molar-refractivity contribution in [2.75, 3.05) is 0 Å². The molecule has 0 aromatic heterocycles. The molecular formula is C15H2F10O. The van der Waals surface area contributed by atoms with Crippen LogP contribution in [0.1, 0.15) is 15.9 Å². The summed E-state index contributed by atoms with van der Waals surface area (Å²) in [6.07, 6.45) is 0. The van der Waals surface area contributed by atoms with Gasteiger partial charge in [-0.05, 0) is 12.1 Å². The third-order valence-electron chi connectivity index (χ3n) is 3.10. The lowest BCUT2D eigenvalue weighted by Gasteiger charge is -2.08. The summed E-state index contributed by atoms with van der Waals surface area (Å²) in [5, 5.41) is 0. The van der Waals surface area contributed by atoms with Gasteiger partial charge < -0.3 is 0 Å². The van der Waals surface area contributed by atoms with Crippen LogP contribution in [0.15, 0.2) is 18.0 Å². The minimum atomic E-state index is -2.85. The van der Waals surface area contributed by atoms with E-state index in [1.807, 2.05) is 0 Å². The Labute approximate surface area is 137 Å². The summed E-state index contributed by atoms with van der Waals surface area (Å²) in [5.41, 5.74) is -4.00. The van der Waals surface area contributed by atoms with E-state index in [-0.39, 0.29) is 12.1 Å². The third kappa shape index (κ3) is 2.93. The molecule has 0 atom stereocenters. The fourth-order valence-electron chi connectivity index (χ4n) is 1.83. The molecule has 0 amide bonds. The first-order valence-electron chi connectivity index (χ1n) is 6.25. The zero-order chi connectivity index (χ0) is 19.9. The molecule has 0 saturated carbocycles. The van der Waals surface area contributed by atoms with Gasteiger partial charge in [0.2, 0.25) is 17.4 Å². The van der Waals surface area contributed by atoms with Crippen LogP contribution in [0.4, 0.5) is 43.9 Å². The first kappa shape index (κ1) is 19.5. The summed E-state index contributed by atoms with van der Waals surface area (Å²) in [6, 6.07) is 0.344. The molecule has 0 fully saturated rings. The molecule has 0 aliphatic rings. The van der Waals surface area contributed by atoms with Crippen LogP contribution in [-0.2, 0) is 0 Å². The van der Waals surface area contributed by atoms with Crippen molar-refractivity contribution in [1.29, 1.82) is 0 Å². The predicted octanol–water partition coefficient (Wildman–Crippen LogP) is 5.29. The van der Waals surface area contributed by atoms with Crippen LogP contribution < -0.4 is 0 Å². The van der Waals surface area contributed by atoms with Gasteiger partial charge in [0.25, 0.3) is 0 Å². The second-order valence-electron chi connectivity index (χ2n) is 4.62. The van der Waals surface area contributed by atoms with Crippen LogP contribution >= 0.6 is 0 Å². The maximum atomic E-state index is 13.8. The van der Waals surface area contributed by atoms with Gasteiger partial charge in [-0.3, -0.25) is 4.79 Å². The van der Waals surface area contributed by atoms with Gasteiger partial charge >= 0.3 is 0 Å². The molecule has 0 heterocycles. The van der Waals surface area contributed by atoms with Crippen molar-refractivity contribution in [3.8, 4) is 0 Å². The molecule has 2 aromatic carbocycles. The van der Waals surface area contributed by atoms with Crippen LogP contribution in [0.5, 0.6) is 0 Å². The molecular weight excluding hydrogens is 386 g/mol. The third-order valence-corrected chi connectivity index (χ3v) is 3.10. The molecule has 0 unspecified atom stereocenters. The molecule has 26 heavy (non-hydrogen) atoms. The van der Waals surface area contributed by atoms with Crippen LogP contribution in [-0.4, -0.2) is 5.78 Å². The van der Waals surface area contributed by atoms with Crippen LogP contribution in [0.2, 0.25) is 0 Å². The number of carbonyl (C=O) groups excluding carboxylic acids is 1. The highest BCUT2D eigenvalue weighted by atomic mass is 19.2. The number of rotatable bonds is 3. The van der Waals surface area contributed by atoms with Gasteiger partial charge in [0.1, 0.15) is 0 Å². The number of carbonyl (C=O) groups is 1. The zero-order valence-corrected chi connectivity index (χ0v) is 11.8. The van der Waals surface area contributed by atoms with E-state index in [1.54, 1.807) is 0 Å². The molecule has 0 bridgehead atoms. The van der Waals surface area contributed by atoms with Crippen molar-refractivity contribution >= 4 is 11.6 Å². The first-order valence-corrected chi connectivity index (χ1v) is 6.25. The average Bonchev–Trinajstić information content (AvgIpc) is 2.61. The second-order valence-corrected chi connectivity index (χ2v) is 4.62. The summed E-state index contributed by atoms with van der Waals surface area (Å²) in [5.74, 6) is -27.8. The fraction of sp³-hybridized carbons (Fsp3) is 0. The van der Waals surface area contributed by atoms with Crippen molar-refractivity contribution in [2.24, 2.45) is 0 Å². The SMILES string of the molecule is O=C(C(F)=C(F)c1c(F)c(F)c(F)c(F)c1F)c1ccc(F)c(F)c1F. The quantitative estimate of drug-likeness (QED) is 0.230. The average molecular weight is 388 g/mol. The van der Waals surface area contributed by atoms with Gasteiger partial charge in [-0.1, -0.05) is 0 Å². The van der Waals surface area contributed by atoms with E-state index in [9.17, 15) is 48.7 Å². The Balaban J connectivity index is 2.69. The number of hydrogen-bond donors (Lipinski definition) is 0. The Kier molecular flexibility index (Phi) is 5.10. The van der Waals surface area contributed by atoms with E-state index in [4.69, 9.17) is 0 Å². The lowest BCUT2D eigenvalue weighted by Crippen LogP contribution is -2.10. The monoisotopic (exact) mass is 388 g/mol. The van der Waals surface area contributed by atoms with E-state index in [2.05, 4.69) is 0 Å². The smallest absolute Gasteiger partial charge is 0.227 e. The van der Waals surface area contributed by atoms with Crippen LogP contribution in [0.3, 0.4) is 0 Å². The molecule has 0 aliphatic carbocycles. The highest BCUT2D eigenvalue weighted by Crippen LogP contribution is 2.33. The van der Waals surface area contributed by atoms with Crippen molar-refractivity contribution in [3.63, 3.8) is 0 Å². The zero-order valence-electron chi connectivity index (χ0n) is 11.8. The lowest BCUT2D eigenvalue weighted by molar-refractivity contribution is 0.0999. The molecule has 0 aliphatic heterocycles.